The minimum Gasteiger partial charge on any atom is -0.344 e. The summed E-state index contributed by atoms with van der Waals surface area (Å²) in [5.41, 5.74) is 0.770. The van der Waals surface area contributed by atoms with Gasteiger partial charge in [-0.3, -0.25) is 4.79 Å². The van der Waals surface area contributed by atoms with E-state index < -0.39 is 11.9 Å². The third kappa shape index (κ3) is 2.88. The Bertz CT molecular complexity index is 636. The van der Waals surface area contributed by atoms with E-state index >= 15 is 0 Å². The fraction of sp³-hybridized carbons (Fsp3) is 0.214. The van der Waals surface area contributed by atoms with E-state index in [0.717, 1.165) is 4.60 Å². The molecule has 0 saturated carbocycles. The summed E-state index contributed by atoms with van der Waals surface area (Å²) in [5.74, 6) is -0.719. The number of carbonyl (C=O) groups excluding carboxylic acids is 1. The molecule has 1 amide bonds. The summed E-state index contributed by atoms with van der Waals surface area (Å²) in [6, 6.07) is 7.39. The van der Waals surface area contributed by atoms with E-state index in [1.165, 1.54) is 12.1 Å². The number of halogens is 3. The molecule has 0 fully saturated rings. The molecule has 106 valence electrons. The molecule has 0 aliphatic heterocycles. The van der Waals surface area contributed by atoms with Gasteiger partial charge in [-0.15, -0.1) is 0 Å². The Morgan fingerprint density at radius 2 is 2.10 bits per heavy atom. The van der Waals surface area contributed by atoms with Crippen molar-refractivity contribution in [2.75, 3.05) is 0 Å². The largest absolute Gasteiger partial charge is 0.344 e. The Morgan fingerprint density at radius 1 is 1.40 bits per heavy atom. The van der Waals surface area contributed by atoms with Gasteiger partial charge in [-0.2, -0.15) is 0 Å². The summed E-state index contributed by atoms with van der Waals surface area (Å²) in [6.07, 6.45) is 0. The Hall–Kier alpha value is -1.33. The smallest absolute Gasteiger partial charge is 0.268 e. The summed E-state index contributed by atoms with van der Waals surface area (Å²) >= 11 is 9.31. The molecule has 1 aromatic heterocycles. The number of aromatic nitrogens is 1. The quantitative estimate of drug-likeness (QED) is 0.880. The van der Waals surface area contributed by atoms with Crippen LogP contribution >= 0.6 is 27.5 Å². The van der Waals surface area contributed by atoms with Crippen LogP contribution in [0.4, 0.5) is 4.39 Å². The van der Waals surface area contributed by atoms with Crippen LogP contribution in [-0.4, -0.2) is 10.5 Å². The molecule has 0 radical (unpaired) electrons. The average Bonchev–Trinajstić information content (AvgIpc) is 2.69. The highest BCUT2D eigenvalue weighted by molar-refractivity contribution is 9.10. The van der Waals surface area contributed by atoms with Gasteiger partial charge in [0, 0.05) is 17.6 Å². The van der Waals surface area contributed by atoms with Gasteiger partial charge in [0.1, 0.15) is 11.5 Å². The van der Waals surface area contributed by atoms with E-state index in [0.29, 0.717) is 10.7 Å². The average molecular weight is 360 g/mol. The molecule has 6 heteroatoms. The third-order valence-corrected chi connectivity index (χ3v) is 4.20. The van der Waals surface area contributed by atoms with Crippen molar-refractivity contribution >= 4 is 33.4 Å². The van der Waals surface area contributed by atoms with Crippen LogP contribution < -0.4 is 5.32 Å². The molecule has 0 saturated heterocycles. The van der Waals surface area contributed by atoms with Gasteiger partial charge in [0.15, 0.2) is 0 Å². The van der Waals surface area contributed by atoms with E-state index in [9.17, 15) is 9.18 Å². The zero-order chi connectivity index (χ0) is 14.9. The van der Waals surface area contributed by atoms with Crippen molar-refractivity contribution in [2.45, 2.75) is 13.0 Å². The minimum absolute atomic E-state index is 0.287. The van der Waals surface area contributed by atoms with Crippen molar-refractivity contribution in [3.05, 3.63) is 57.0 Å². The van der Waals surface area contributed by atoms with Crippen LogP contribution in [-0.2, 0) is 7.05 Å². The Kier molecular flexibility index (Phi) is 4.50. The maximum atomic E-state index is 13.8. The van der Waals surface area contributed by atoms with Crippen LogP contribution in [0.3, 0.4) is 0 Å². The van der Waals surface area contributed by atoms with E-state index in [1.54, 1.807) is 36.7 Å². The number of rotatable bonds is 3. The maximum absolute atomic E-state index is 13.8. The molecule has 1 atom stereocenters. The molecule has 0 aliphatic rings. The van der Waals surface area contributed by atoms with Gasteiger partial charge in [0.05, 0.1) is 10.6 Å². The lowest BCUT2D eigenvalue weighted by atomic mass is 10.1. The van der Waals surface area contributed by atoms with E-state index in [-0.39, 0.29) is 11.5 Å². The first-order valence-electron chi connectivity index (χ1n) is 5.97. The molecule has 3 nitrogen and oxygen atoms in total. The van der Waals surface area contributed by atoms with Crippen molar-refractivity contribution < 1.29 is 9.18 Å². The van der Waals surface area contributed by atoms with Crippen LogP contribution in [0.2, 0.25) is 5.02 Å². The minimum atomic E-state index is -0.523. The number of nitrogens with zero attached hydrogens (tertiary/aromatic N) is 1. The van der Waals surface area contributed by atoms with Gasteiger partial charge >= 0.3 is 0 Å². The number of nitrogens with one attached hydrogen (secondary N) is 1. The molecule has 0 aliphatic carbocycles. The van der Waals surface area contributed by atoms with E-state index in [4.69, 9.17) is 11.6 Å². The van der Waals surface area contributed by atoms with Crippen LogP contribution in [0.15, 0.2) is 34.9 Å². The van der Waals surface area contributed by atoms with Crippen molar-refractivity contribution in [3.8, 4) is 0 Å². The molecule has 1 N–H and O–H groups in total. The number of hydrogen-bond donors (Lipinski definition) is 1. The molecule has 1 unspecified atom stereocenters. The van der Waals surface area contributed by atoms with Crippen LogP contribution in [0.1, 0.15) is 29.0 Å². The van der Waals surface area contributed by atoms with Gasteiger partial charge in [-0.05, 0) is 47.1 Å². The van der Waals surface area contributed by atoms with Crippen LogP contribution in [0, 0.1) is 5.82 Å². The number of carbonyl (C=O) groups is 1. The maximum Gasteiger partial charge on any atom is 0.268 e. The molecule has 0 bridgehead atoms. The number of amides is 1. The van der Waals surface area contributed by atoms with Gasteiger partial charge in [-0.1, -0.05) is 17.7 Å². The van der Waals surface area contributed by atoms with Crippen molar-refractivity contribution in [2.24, 2.45) is 7.05 Å². The molecule has 2 aromatic rings. The zero-order valence-electron chi connectivity index (χ0n) is 11.0. The lowest BCUT2D eigenvalue weighted by Gasteiger charge is -2.16. The highest BCUT2D eigenvalue weighted by Crippen LogP contribution is 2.26. The first kappa shape index (κ1) is 15.1. The number of benzene rings is 1. The highest BCUT2D eigenvalue weighted by Gasteiger charge is 2.19. The van der Waals surface area contributed by atoms with Crippen LogP contribution in [0.5, 0.6) is 0 Å². The first-order valence-corrected chi connectivity index (χ1v) is 7.15. The van der Waals surface area contributed by atoms with Gasteiger partial charge in [-0.25, -0.2) is 4.39 Å². The zero-order valence-corrected chi connectivity index (χ0v) is 13.3. The van der Waals surface area contributed by atoms with Crippen molar-refractivity contribution in [3.63, 3.8) is 0 Å². The first-order chi connectivity index (χ1) is 9.41. The number of hydrogen-bond acceptors (Lipinski definition) is 1. The second-order valence-electron chi connectivity index (χ2n) is 4.43. The molecule has 20 heavy (non-hydrogen) atoms. The standard InChI is InChI=1S/C14H13BrClFN2O/c1-8(13-9(16)4-3-5-10(13)17)18-14(20)11-6-7-12(15)19(11)2/h3-8H,1-2H3,(H,18,20). The van der Waals surface area contributed by atoms with Gasteiger partial charge in [0.25, 0.3) is 5.91 Å². The Balaban J connectivity index is 2.22. The lowest BCUT2D eigenvalue weighted by molar-refractivity contribution is 0.0931. The normalized spacial score (nSPS) is 12.2. The van der Waals surface area contributed by atoms with Crippen molar-refractivity contribution in [1.29, 1.82) is 0 Å². The topological polar surface area (TPSA) is 34.0 Å². The lowest BCUT2D eigenvalue weighted by Crippen LogP contribution is -2.29. The highest BCUT2D eigenvalue weighted by atomic mass is 79.9. The molecule has 0 spiro atoms. The second kappa shape index (κ2) is 5.97. The second-order valence-corrected chi connectivity index (χ2v) is 5.65. The molecule has 1 aromatic carbocycles. The van der Waals surface area contributed by atoms with Gasteiger partial charge in [0.2, 0.25) is 0 Å². The SMILES string of the molecule is CC(NC(=O)c1ccc(Br)n1C)c1c(F)cccc1Cl. The summed E-state index contributed by atoms with van der Waals surface area (Å²) in [7, 11) is 1.76. The Labute approximate surface area is 129 Å². The third-order valence-electron chi connectivity index (χ3n) is 3.07. The molecular weight excluding hydrogens is 347 g/mol. The summed E-state index contributed by atoms with van der Waals surface area (Å²) < 4.78 is 16.3. The summed E-state index contributed by atoms with van der Waals surface area (Å²) in [4.78, 5) is 12.2. The monoisotopic (exact) mass is 358 g/mol. The van der Waals surface area contributed by atoms with E-state index in [2.05, 4.69) is 21.2 Å². The molecule has 1 heterocycles. The van der Waals surface area contributed by atoms with Crippen LogP contribution in [0.25, 0.3) is 0 Å². The fourth-order valence-corrected chi connectivity index (χ4v) is 2.63. The van der Waals surface area contributed by atoms with Crippen molar-refractivity contribution in [1.82, 2.24) is 9.88 Å². The van der Waals surface area contributed by atoms with Gasteiger partial charge < -0.3 is 9.88 Å². The molecular formula is C14H13BrClFN2O. The Morgan fingerprint density at radius 3 is 2.65 bits per heavy atom. The summed E-state index contributed by atoms with van der Waals surface area (Å²) in [5, 5.41) is 3.04. The predicted molar refractivity (Wildman–Crippen MR) is 80.4 cm³/mol. The molecule has 2 rings (SSSR count). The fourth-order valence-electron chi connectivity index (χ4n) is 1.98. The predicted octanol–water partition coefficient (Wildman–Crippen LogP) is 4.07. The van der Waals surface area contributed by atoms with E-state index in [1.807, 2.05) is 0 Å². The summed E-state index contributed by atoms with van der Waals surface area (Å²) in [6.45, 7) is 1.69.